The van der Waals surface area contributed by atoms with Crippen molar-refractivity contribution in [3.63, 3.8) is 0 Å². The van der Waals surface area contributed by atoms with Crippen LogP contribution in [0.1, 0.15) is 17.3 Å². The second-order valence-corrected chi connectivity index (χ2v) is 5.99. The van der Waals surface area contributed by atoms with E-state index >= 15 is 0 Å². The Morgan fingerprint density at radius 2 is 1.95 bits per heavy atom. The quantitative estimate of drug-likeness (QED) is 0.316. The van der Waals surface area contributed by atoms with Crippen molar-refractivity contribution < 1.29 is 31.5 Å². The summed E-state index contributed by atoms with van der Waals surface area (Å²) < 4.78 is 66.0. The number of halogens is 6. The van der Waals surface area contributed by atoms with Crippen LogP contribution in [0.2, 0.25) is 0 Å². The third-order valence-electron chi connectivity index (χ3n) is 2.04. The number of carbonyl (C=O) groups is 1. The minimum atomic E-state index is -4.73. The van der Waals surface area contributed by atoms with Gasteiger partial charge in [-0.05, 0) is 30.8 Å². The largest absolute Gasteiger partial charge is 0.446 e. The van der Waals surface area contributed by atoms with E-state index in [2.05, 4.69) is 20.7 Å². The molecule has 0 heterocycles. The number of rotatable bonds is 5. The number of hydrogen-bond acceptors (Lipinski definition) is 3. The molecule has 1 aromatic carbocycles. The number of ether oxygens (including phenoxy) is 1. The average Bonchev–Trinajstić information content (AvgIpc) is 2.27. The lowest BCUT2D eigenvalue weighted by Gasteiger charge is -2.16. The third-order valence-corrected chi connectivity index (χ3v) is 3.31. The van der Waals surface area contributed by atoms with Crippen molar-refractivity contribution >= 4 is 33.5 Å². The molecule has 0 bridgehead atoms. The highest BCUT2D eigenvalue weighted by Gasteiger charge is 2.34. The number of thioether (sulfide) groups is 1. The molecule has 1 unspecified atom stereocenters. The van der Waals surface area contributed by atoms with E-state index in [1.165, 1.54) is 13.0 Å². The average molecular weight is 379 g/mol. The zero-order valence-electron chi connectivity index (χ0n) is 9.88. The molecule has 0 aliphatic carbocycles. The van der Waals surface area contributed by atoms with Gasteiger partial charge in [0, 0.05) is 5.56 Å². The first-order chi connectivity index (χ1) is 9.11. The maximum atomic E-state index is 12.5. The van der Waals surface area contributed by atoms with E-state index in [-0.39, 0.29) is 5.56 Å². The monoisotopic (exact) mass is 378 g/mol. The number of hydrogen-bond donors (Lipinski definition) is 0. The van der Waals surface area contributed by atoms with Crippen LogP contribution >= 0.6 is 27.7 Å². The summed E-state index contributed by atoms with van der Waals surface area (Å²) in [7, 11) is 0. The third kappa shape index (κ3) is 4.93. The Hall–Kier alpha value is -0.830. The standard InChI is InChI=1S/C11H8BrF5O2S/c1-5(12)8(18)6-3-2-4-7(19-10(13)14)9(6)20-11(15,16)17/h2-5,10H,1H3. The molecule has 0 spiro atoms. The van der Waals surface area contributed by atoms with E-state index in [4.69, 9.17) is 0 Å². The second-order valence-electron chi connectivity index (χ2n) is 3.54. The van der Waals surface area contributed by atoms with Crippen molar-refractivity contribution in [2.45, 2.75) is 28.8 Å². The van der Waals surface area contributed by atoms with Crippen molar-refractivity contribution in [2.24, 2.45) is 0 Å². The highest BCUT2D eigenvalue weighted by Crippen LogP contribution is 2.44. The van der Waals surface area contributed by atoms with Crippen molar-refractivity contribution in [1.82, 2.24) is 0 Å². The zero-order chi connectivity index (χ0) is 15.5. The van der Waals surface area contributed by atoms with Gasteiger partial charge in [-0.25, -0.2) is 0 Å². The lowest BCUT2D eigenvalue weighted by Crippen LogP contribution is -2.14. The van der Waals surface area contributed by atoms with Crippen LogP contribution < -0.4 is 4.74 Å². The van der Waals surface area contributed by atoms with Crippen LogP contribution in [0.3, 0.4) is 0 Å². The van der Waals surface area contributed by atoms with Crippen molar-refractivity contribution in [1.29, 1.82) is 0 Å². The molecular weight excluding hydrogens is 371 g/mol. The van der Waals surface area contributed by atoms with Crippen LogP contribution in [0.5, 0.6) is 5.75 Å². The molecule has 1 aromatic rings. The van der Waals surface area contributed by atoms with Gasteiger partial charge in [-0.3, -0.25) is 4.79 Å². The summed E-state index contributed by atoms with van der Waals surface area (Å²) in [5.41, 5.74) is -5.05. The van der Waals surface area contributed by atoms with E-state index in [0.717, 1.165) is 12.1 Å². The fourth-order valence-corrected chi connectivity index (χ4v) is 2.31. The first-order valence-electron chi connectivity index (χ1n) is 5.13. The van der Waals surface area contributed by atoms with Gasteiger partial charge in [0.2, 0.25) is 0 Å². The Kier molecular flexibility index (Phi) is 5.81. The first-order valence-corrected chi connectivity index (χ1v) is 6.87. The Morgan fingerprint density at radius 1 is 1.35 bits per heavy atom. The van der Waals surface area contributed by atoms with Gasteiger partial charge in [-0.15, -0.1) is 0 Å². The van der Waals surface area contributed by atoms with Crippen LogP contribution in [0.15, 0.2) is 23.1 Å². The second kappa shape index (κ2) is 6.75. The SMILES string of the molecule is CC(Br)C(=O)c1cccc(OC(F)F)c1SC(F)(F)F. The summed E-state index contributed by atoms with van der Waals surface area (Å²) in [6, 6.07) is 3.27. The van der Waals surface area contributed by atoms with Crippen molar-refractivity contribution in [3.05, 3.63) is 23.8 Å². The Bertz CT molecular complexity index is 490. The van der Waals surface area contributed by atoms with Gasteiger partial charge >= 0.3 is 12.1 Å². The molecule has 0 saturated heterocycles. The van der Waals surface area contributed by atoms with Gasteiger partial charge in [0.25, 0.3) is 0 Å². The van der Waals surface area contributed by atoms with Crippen LogP contribution in [0, 0.1) is 0 Å². The Morgan fingerprint density at radius 3 is 2.40 bits per heavy atom. The number of ketones is 1. The maximum absolute atomic E-state index is 12.5. The fraction of sp³-hybridized carbons (Fsp3) is 0.364. The lowest BCUT2D eigenvalue weighted by atomic mass is 10.1. The highest BCUT2D eigenvalue weighted by atomic mass is 79.9. The molecule has 2 nitrogen and oxygen atoms in total. The van der Waals surface area contributed by atoms with E-state index in [0.29, 0.717) is 0 Å². The van der Waals surface area contributed by atoms with E-state index < -0.39 is 45.1 Å². The van der Waals surface area contributed by atoms with Crippen LogP contribution in [-0.4, -0.2) is 22.7 Å². The number of carbonyl (C=O) groups excluding carboxylic acids is 1. The fourth-order valence-electron chi connectivity index (χ4n) is 1.33. The summed E-state index contributed by atoms with van der Waals surface area (Å²) in [5.74, 6) is -1.34. The zero-order valence-corrected chi connectivity index (χ0v) is 12.3. The van der Waals surface area contributed by atoms with Gasteiger partial charge < -0.3 is 4.74 Å². The molecule has 0 saturated carbocycles. The highest BCUT2D eigenvalue weighted by molar-refractivity contribution is 9.10. The number of alkyl halides is 6. The summed E-state index contributed by atoms with van der Waals surface area (Å²) in [5, 5.41) is 0. The molecule has 0 aromatic heterocycles. The van der Waals surface area contributed by atoms with Gasteiger partial charge in [0.15, 0.2) is 5.78 Å². The van der Waals surface area contributed by atoms with E-state index in [9.17, 15) is 26.7 Å². The summed E-state index contributed by atoms with van der Waals surface area (Å²) in [6.07, 6.45) is 0. The molecule has 112 valence electrons. The van der Waals surface area contributed by atoms with Crippen LogP contribution in [0.4, 0.5) is 22.0 Å². The number of benzene rings is 1. The summed E-state index contributed by atoms with van der Waals surface area (Å²) in [6.45, 7) is -1.86. The predicted molar refractivity (Wildman–Crippen MR) is 67.7 cm³/mol. The van der Waals surface area contributed by atoms with Gasteiger partial charge in [0.1, 0.15) is 5.75 Å². The first kappa shape index (κ1) is 17.2. The normalized spacial score (nSPS) is 13.4. The number of Topliss-reactive ketones (excluding diaryl/α,β-unsaturated/α-hetero) is 1. The minimum absolute atomic E-state index is 0.324. The minimum Gasteiger partial charge on any atom is -0.434 e. The summed E-state index contributed by atoms with van der Waals surface area (Å²) >= 11 is 2.28. The van der Waals surface area contributed by atoms with Crippen LogP contribution in [0.25, 0.3) is 0 Å². The van der Waals surface area contributed by atoms with Gasteiger partial charge in [0.05, 0.1) is 9.72 Å². The molecule has 20 heavy (non-hydrogen) atoms. The Labute approximate surface area is 123 Å². The van der Waals surface area contributed by atoms with Crippen LogP contribution in [-0.2, 0) is 0 Å². The summed E-state index contributed by atoms with van der Waals surface area (Å²) in [4.78, 5) is 10.4. The van der Waals surface area contributed by atoms with Gasteiger partial charge in [-0.2, -0.15) is 22.0 Å². The molecule has 0 aliphatic rings. The maximum Gasteiger partial charge on any atom is 0.446 e. The topological polar surface area (TPSA) is 26.3 Å². The van der Waals surface area contributed by atoms with Crippen molar-refractivity contribution in [3.8, 4) is 5.75 Å². The van der Waals surface area contributed by atoms with Crippen molar-refractivity contribution in [2.75, 3.05) is 0 Å². The molecule has 1 atom stereocenters. The molecular formula is C11H8BrF5O2S. The molecule has 0 radical (unpaired) electrons. The van der Waals surface area contributed by atoms with E-state index in [1.54, 1.807) is 0 Å². The van der Waals surface area contributed by atoms with Gasteiger partial charge in [-0.1, -0.05) is 22.0 Å². The Balaban J connectivity index is 3.32. The smallest absolute Gasteiger partial charge is 0.434 e. The predicted octanol–water partition coefficient (Wildman–Crippen LogP) is 4.87. The molecule has 0 amide bonds. The molecule has 0 aliphatic heterocycles. The van der Waals surface area contributed by atoms with E-state index in [1.807, 2.05) is 0 Å². The molecule has 1 rings (SSSR count). The lowest BCUT2D eigenvalue weighted by molar-refractivity contribution is -0.0528. The molecule has 9 heteroatoms. The molecule has 0 fully saturated rings. The molecule has 0 N–H and O–H groups in total.